The molecular formula is C19H37BeN3S. The van der Waals surface area contributed by atoms with E-state index in [0.29, 0.717) is 6.54 Å². The second-order valence-electron chi connectivity index (χ2n) is 3.82. The van der Waals surface area contributed by atoms with E-state index in [1.54, 1.807) is 6.08 Å². The third-order valence-electron chi connectivity index (χ3n) is 2.53. The van der Waals surface area contributed by atoms with Crippen LogP contribution in [0.15, 0.2) is 12.7 Å². The molecule has 0 amide bonds. The number of thiol groups is 1. The van der Waals surface area contributed by atoms with Gasteiger partial charge in [-0.05, 0) is 13.3 Å². The van der Waals surface area contributed by atoms with Crippen molar-refractivity contribution in [2.75, 3.05) is 6.54 Å². The van der Waals surface area contributed by atoms with Crippen molar-refractivity contribution in [1.29, 1.82) is 0 Å². The molecule has 1 unspecified atom stereocenters. The minimum atomic E-state index is 0. The van der Waals surface area contributed by atoms with Crippen LogP contribution in [-0.4, -0.2) is 31.5 Å². The van der Waals surface area contributed by atoms with E-state index in [4.69, 9.17) is 5.73 Å². The van der Waals surface area contributed by atoms with Gasteiger partial charge in [0.1, 0.15) is 0 Å². The van der Waals surface area contributed by atoms with Gasteiger partial charge in [0.05, 0.1) is 0 Å². The Morgan fingerprint density at radius 1 is 1.21 bits per heavy atom. The largest absolute Gasteiger partial charge is 2.00 e. The molecular weight excluding hydrogens is 311 g/mol. The van der Waals surface area contributed by atoms with Crippen LogP contribution in [0.4, 0.5) is 0 Å². The molecule has 0 aliphatic rings. The fourth-order valence-electron chi connectivity index (χ4n) is 1.61. The van der Waals surface area contributed by atoms with Crippen LogP contribution >= 0.6 is 12.6 Å². The summed E-state index contributed by atoms with van der Waals surface area (Å²) in [6.07, 6.45) is 10.5. The van der Waals surface area contributed by atoms with E-state index >= 15 is 0 Å². The van der Waals surface area contributed by atoms with E-state index in [-0.39, 0.29) is 15.4 Å². The molecule has 1 aromatic rings. The Balaban J connectivity index is -0.000000256. The van der Waals surface area contributed by atoms with Gasteiger partial charge in [0.2, 0.25) is 0 Å². The van der Waals surface area contributed by atoms with Crippen LogP contribution in [0.5, 0.6) is 0 Å². The fraction of sp³-hybridized carbons (Fsp3) is 0.632. The van der Waals surface area contributed by atoms with Crippen molar-refractivity contribution < 1.29 is 0 Å². The molecule has 24 heavy (non-hydrogen) atoms. The van der Waals surface area contributed by atoms with Crippen LogP contribution < -0.4 is 0 Å². The zero-order valence-corrected chi connectivity index (χ0v) is 17.8. The van der Waals surface area contributed by atoms with Gasteiger partial charge in [0, 0.05) is 18.1 Å². The van der Waals surface area contributed by atoms with Crippen LogP contribution in [-0.2, 0) is 6.54 Å². The summed E-state index contributed by atoms with van der Waals surface area (Å²) in [4.78, 5) is 4.18. The number of allylic oxidation sites excluding steroid dienone is 1. The van der Waals surface area contributed by atoms with E-state index < -0.39 is 0 Å². The van der Waals surface area contributed by atoms with Crippen LogP contribution in [0.25, 0.3) is 17.9 Å². The van der Waals surface area contributed by atoms with Gasteiger partial charge >= 0.3 is 10.1 Å². The van der Waals surface area contributed by atoms with E-state index in [9.17, 15) is 0 Å². The van der Waals surface area contributed by atoms with Crippen molar-refractivity contribution in [1.82, 2.24) is 9.55 Å². The summed E-state index contributed by atoms with van der Waals surface area (Å²) in [5.74, 6) is 0. The number of nitrogens with one attached hydrogen (secondary N) is 1. The molecule has 0 saturated carbocycles. The van der Waals surface area contributed by atoms with Gasteiger partial charge in [-0.15, -0.1) is 18.7 Å². The maximum Gasteiger partial charge on any atom is 2.00 e. The van der Waals surface area contributed by atoms with Crippen molar-refractivity contribution in [3.63, 3.8) is 0 Å². The summed E-state index contributed by atoms with van der Waals surface area (Å²) < 4.78 is 1.99. The number of hydrogen-bond donors (Lipinski definition) is 1. The third kappa shape index (κ3) is 13.6. The first-order valence-corrected chi connectivity index (χ1v) is 9.30. The monoisotopic (exact) mass is 348 g/mol. The van der Waals surface area contributed by atoms with Gasteiger partial charge in [-0.2, -0.15) is 19.2 Å². The Morgan fingerprint density at radius 3 is 2.17 bits per heavy atom. The minimum Gasteiger partial charge on any atom is -0.677 e. The number of aromatic nitrogens is 2. The van der Waals surface area contributed by atoms with Gasteiger partial charge in [-0.3, -0.25) is 0 Å². The van der Waals surface area contributed by atoms with Crippen LogP contribution in [0.2, 0.25) is 0 Å². The predicted molar refractivity (Wildman–Crippen MR) is 117 cm³/mol. The standard InChI is InChI=1S/C13H19N3S.3C2H6.Be/c1-3-5-13-12(4-2)15-10-16(13)9-7-11(17)6-8-14;3*1-2;/h3-5,11,14,17H,2,6-9H2,1H3;3*1-2H3;/q-2;;;;+2/b5-3-;;;;. The summed E-state index contributed by atoms with van der Waals surface area (Å²) in [6, 6.07) is 0. The Hall–Kier alpha value is -0.831. The zero-order valence-electron chi connectivity index (χ0n) is 16.9. The summed E-state index contributed by atoms with van der Waals surface area (Å²) in [5, 5.41) is 0.272. The Labute approximate surface area is 160 Å². The maximum absolute atomic E-state index is 7.16. The fourth-order valence-corrected chi connectivity index (χ4v) is 1.85. The van der Waals surface area contributed by atoms with Gasteiger partial charge < -0.3 is 15.3 Å². The van der Waals surface area contributed by atoms with E-state index in [2.05, 4.69) is 30.5 Å². The van der Waals surface area contributed by atoms with Crippen LogP contribution in [0.1, 0.15) is 72.7 Å². The summed E-state index contributed by atoms with van der Waals surface area (Å²) in [6.45, 7) is 19.0. The molecule has 3 nitrogen and oxygen atoms in total. The van der Waals surface area contributed by atoms with Gasteiger partial charge in [-0.1, -0.05) is 65.4 Å². The maximum atomic E-state index is 7.16. The molecule has 0 aliphatic carbocycles. The zero-order chi connectivity index (χ0) is 18.7. The van der Waals surface area contributed by atoms with E-state index in [1.807, 2.05) is 65.2 Å². The first kappa shape index (κ1) is 31.0. The van der Waals surface area contributed by atoms with Crippen molar-refractivity contribution >= 4 is 34.9 Å². The van der Waals surface area contributed by atoms with Gasteiger partial charge in [0.15, 0.2) is 0 Å². The molecule has 0 saturated heterocycles. The number of imidazole rings is 1. The van der Waals surface area contributed by atoms with Crippen molar-refractivity contribution in [2.45, 2.75) is 73.1 Å². The van der Waals surface area contributed by atoms with Crippen molar-refractivity contribution in [2.24, 2.45) is 0 Å². The molecule has 0 aromatic carbocycles. The average molecular weight is 349 g/mol. The molecule has 0 bridgehead atoms. The minimum absolute atomic E-state index is 0. The molecule has 0 spiro atoms. The molecule has 0 fully saturated rings. The van der Waals surface area contributed by atoms with Gasteiger partial charge in [-0.25, -0.2) is 0 Å². The van der Waals surface area contributed by atoms with Crippen LogP contribution in [0.3, 0.4) is 0 Å². The average Bonchev–Trinajstić information content (AvgIpc) is 3.01. The molecule has 5 heteroatoms. The molecule has 1 aromatic heterocycles. The smallest absolute Gasteiger partial charge is 0.677 e. The van der Waals surface area contributed by atoms with Crippen LogP contribution in [0, 0.1) is 6.33 Å². The first-order valence-electron chi connectivity index (χ1n) is 8.79. The van der Waals surface area contributed by atoms with Crippen molar-refractivity contribution in [3.8, 4) is 0 Å². The molecule has 1 heterocycles. The summed E-state index contributed by atoms with van der Waals surface area (Å²) >= 11 is 4.45. The van der Waals surface area contributed by atoms with E-state index in [0.717, 1.165) is 30.8 Å². The molecule has 1 N–H and O–H groups in total. The molecule has 136 valence electrons. The Morgan fingerprint density at radius 2 is 1.75 bits per heavy atom. The topological polar surface area (TPSA) is 41.6 Å². The van der Waals surface area contributed by atoms with E-state index in [1.165, 1.54) is 0 Å². The second kappa shape index (κ2) is 24.4. The molecule has 0 radical (unpaired) electrons. The first-order chi connectivity index (χ1) is 11.2. The number of hydrogen-bond acceptors (Lipinski definition) is 2. The molecule has 1 rings (SSSR count). The molecule has 0 aliphatic heterocycles. The van der Waals surface area contributed by atoms with Crippen molar-refractivity contribution in [3.05, 3.63) is 36.1 Å². The summed E-state index contributed by atoms with van der Waals surface area (Å²) in [7, 11) is 0. The Kier molecular flexibility index (Phi) is 31.5. The third-order valence-corrected chi connectivity index (χ3v) is 3.04. The SMILES string of the molecule is C=Cc1n[c-]n(CCC(S)CC[NH-])c1/C=C\C.CC.CC.CC.[Be+2]. The summed E-state index contributed by atoms with van der Waals surface area (Å²) in [5.41, 5.74) is 9.05. The molecule has 1 atom stereocenters. The predicted octanol–water partition coefficient (Wildman–Crippen LogP) is 6.19. The number of aryl methyl sites for hydroxylation is 1. The Bertz CT molecular complexity index is 390. The quantitative estimate of drug-likeness (QED) is 0.356. The number of rotatable bonds is 7. The normalized spacial score (nSPS) is 10.0. The second-order valence-corrected chi connectivity index (χ2v) is 4.55. The number of nitrogens with zero attached hydrogens (tertiary/aromatic N) is 2. The van der Waals surface area contributed by atoms with Gasteiger partial charge in [0.25, 0.3) is 0 Å².